The predicted molar refractivity (Wildman–Crippen MR) is 76.7 cm³/mol. The summed E-state index contributed by atoms with van der Waals surface area (Å²) < 4.78 is 0. The van der Waals surface area contributed by atoms with Crippen molar-refractivity contribution in [2.45, 2.75) is 0 Å². The number of nitrogen functional groups attached to an aromatic ring is 1. The fourth-order valence-corrected chi connectivity index (χ4v) is 2.18. The predicted octanol–water partition coefficient (Wildman–Crippen LogP) is 2.52. The van der Waals surface area contributed by atoms with Gasteiger partial charge in [-0.3, -0.25) is 4.79 Å². The molecular weight excluding hydrogens is 238 g/mol. The van der Waals surface area contributed by atoms with E-state index < -0.39 is 5.91 Å². The number of hydrogen-bond acceptors (Lipinski definition) is 2. The second-order valence-corrected chi connectivity index (χ2v) is 4.44. The van der Waals surface area contributed by atoms with E-state index in [1.165, 1.54) is 0 Å². The van der Waals surface area contributed by atoms with Crippen LogP contribution in [0.3, 0.4) is 0 Å². The Labute approximate surface area is 110 Å². The van der Waals surface area contributed by atoms with E-state index >= 15 is 0 Å². The van der Waals surface area contributed by atoms with Crippen LogP contribution in [0.1, 0.15) is 10.4 Å². The van der Waals surface area contributed by atoms with Crippen LogP contribution in [0.5, 0.6) is 0 Å². The molecule has 0 saturated carbocycles. The monoisotopic (exact) mass is 251 g/mol. The molecule has 5 N–H and O–H groups in total. The second-order valence-electron chi connectivity index (χ2n) is 4.44. The summed E-state index contributed by atoms with van der Waals surface area (Å²) in [6.45, 7) is 0. The van der Waals surface area contributed by atoms with Gasteiger partial charge < -0.3 is 16.5 Å². The Morgan fingerprint density at radius 1 is 1.05 bits per heavy atom. The fourth-order valence-electron chi connectivity index (χ4n) is 2.18. The number of carbonyl (C=O) groups excluding carboxylic acids is 1. The first-order valence-corrected chi connectivity index (χ1v) is 5.92. The number of H-pyrrole nitrogens is 1. The number of hydrogen-bond donors (Lipinski definition) is 3. The normalized spacial score (nSPS) is 10.7. The molecule has 1 amide bonds. The van der Waals surface area contributed by atoms with Crippen LogP contribution in [-0.2, 0) is 0 Å². The minimum atomic E-state index is -0.434. The molecule has 0 unspecified atom stereocenters. The maximum atomic E-state index is 11.4. The lowest BCUT2D eigenvalue weighted by Gasteiger charge is -1.99. The van der Waals surface area contributed by atoms with Gasteiger partial charge in [0, 0.05) is 16.8 Å². The number of nitrogens with two attached hydrogens (primary N) is 2. The van der Waals surface area contributed by atoms with Crippen molar-refractivity contribution >= 4 is 22.5 Å². The summed E-state index contributed by atoms with van der Waals surface area (Å²) in [6, 6.07) is 15.0. The lowest BCUT2D eigenvalue weighted by Crippen LogP contribution is -2.11. The van der Waals surface area contributed by atoms with E-state index in [9.17, 15) is 4.79 Å². The minimum absolute atomic E-state index is 0.434. The number of benzene rings is 2. The van der Waals surface area contributed by atoms with Crippen LogP contribution in [0.4, 0.5) is 5.69 Å². The molecule has 3 aromatic rings. The van der Waals surface area contributed by atoms with Gasteiger partial charge in [0.2, 0.25) is 0 Å². The van der Waals surface area contributed by atoms with E-state index in [2.05, 4.69) is 4.98 Å². The summed E-state index contributed by atoms with van der Waals surface area (Å²) in [6.07, 6.45) is 0. The van der Waals surface area contributed by atoms with Crippen molar-refractivity contribution in [2.75, 3.05) is 5.73 Å². The molecule has 4 nitrogen and oxygen atoms in total. The quantitative estimate of drug-likeness (QED) is 0.611. The first kappa shape index (κ1) is 11.3. The smallest absolute Gasteiger partial charge is 0.250 e. The van der Waals surface area contributed by atoms with E-state index in [0.29, 0.717) is 5.56 Å². The number of amides is 1. The van der Waals surface area contributed by atoms with Crippen molar-refractivity contribution in [3.63, 3.8) is 0 Å². The molecule has 0 spiro atoms. The Kier molecular flexibility index (Phi) is 2.49. The highest BCUT2D eigenvalue weighted by Crippen LogP contribution is 2.26. The summed E-state index contributed by atoms with van der Waals surface area (Å²) in [5.74, 6) is -0.434. The van der Waals surface area contributed by atoms with Gasteiger partial charge in [0.25, 0.3) is 5.91 Å². The molecule has 0 atom stereocenters. The lowest BCUT2D eigenvalue weighted by molar-refractivity contribution is 0.100. The molecule has 0 saturated heterocycles. The topological polar surface area (TPSA) is 84.9 Å². The zero-order valence-electron chi connectivity index (χ0n) is 10.2. The van der Waals surface area contributed by atoms with Crippen LogP contribution in [0.15, 0.2) is 48.5 Å². The maximum Gasteiger partial charge on any atom is 0.250 e. The number of aromatic nitrogens is 1. The first-order valence-electron chi connectivity index (χ1n) is 5.92. The average Bonchev–Trinajstić information content (AvgIpc) is 2.82. The highest BCUT2D eigenvalue weighted by molar-refractivity contribution is 6.06. The van der Waals surface area contributed by atoms with Crippen molar-refractivity contribution in [1.29, 1.82) is 0 Å². The third-order valence-corrected chi connectivity index (χ3v) is 3.14. The van der Waals surface area contributed by atoms with Gasteiger partial charge in [-0.25, -0.2) is 0 Å². The van der Waals surface area contributed by atoms with Crippen molar-refractivity contribution in [2.24, 2.45) is 5.73 Å². The van der Waals surface area contributed by atoms with Crippen LogP contribution in [0.25, 0.3) is 22.2 Å². The van der Waals surface area contributed by atoms with Gasteiger partial charge in [-0.15, -0.1) is 0 Å². The standard InChI is InChI=1S/C15H13N3O/c16-11-6-4-9(5-7-11)13-8-10-2-1-3-12(15(17)19)14(10)18-13/h1-8,18H,16H2,(H2,17,19). The molecule has 0 fully saturated rings. The number of fused-ring (bicyclic) bond motifs is 1. The van der Waals surface area contributed by atoms with Crippen molar-refractivity contribution in [3.8, 4) is 11.3 Å². The number of rotatable bonds is 2. The van der Waals surface area contributed by atoms with Gasteiger partial charge in [0.1, 0.15) is 0 Å². The number of para-hydroxylation sites is 1. The molecule has 0 aliphatic rings. The fraction of sp³-hybridized carbons (Fsp3) is 0. The molecule has 0 aliphatic heterocycles. The largest absolute Gasteiger partial charge is 0.399 e. The summed E-state index contributed by atoms with van der Waals surface area (Å²) in [7, 11) is 0. The molecule has 94 valence electrons. The molecule has 3 rings (SSSR count). The summed E-state index contributed by atoms with van der Waals surface area (Å²) in [5.41, 5.74) is 15.0. The highest BCUT2D eigenvalue weighted by Gasteiger charge is 2.10. The first-order chi connectivity index (χ1) is 9.15. The molecule has 0 aliphatic carbocycles. The Morgan fingerprint density at radius 3 is 2.47 bits per heavy atom. The zero-order chi connectivity index (χ0) is 13.4. The van der Waals surface area contributed by atoms with Gasteiger partial charge in [-0.1, -0.05) is 24.3 Å². The molecule has 19 heavy (non-hydrogen) atoms. The van der Waals surface area contributed by atoms with E-state index in [-0.39, 0.29) is 0 Å². The number of primary amides is 1. The summed E-state index contributed by atoms with van der Waals surface area (Å²) in [4.78, 5) is 14.6. The number of aromatic amines is 1. The Hall–Kier alpha value is -2.75. The third-order valence-electron chi connectivity index (χ3n) is 3.14. The van der Waals surface area contributed by atoms with E-state index in [1.54, 1.807) is 6.07 Å². The van der Waals surface area contributed by atoms with Crippen molar-refractivity contribution < 1.29 is 4.79 Å². The molecule has 1 aromatic heterocycles. The van der Waals surface area contributed by atoms with Gasteiger partial charge in [0.15, 0.2) is 0 Å². The van der Waals surface area contributed by atoms with E-state index in [1.807, 2.05) is 42.5 Å². The molecule has 4 heteroatoms. The minimum Gasteiger partial charge on any atom is -0.399 e. The van der Waals surface area contributed by atoms with E-state index in [4.69, 9.17) is 11.5 Å². The number of carbonyl (C=O) groups is 1. The summed E-state index contributed by atoms with van der Waals surface area (Å²) >= 11 is 0. The van der Waals surface area contributed by atoms with Gasteiger partial charge in [0.05, 0.1) is 11.1 Å². The second kappa shape index (κ2) is 4.17. The molecule has 2 aromatic carbocycles. The average molecular weight is 251 g/mol. The van der Waals surface area contributed by atoms with Crippen LogP contribution >= 0.6 is 0 Å². The molecular formula is C15H13N3O. The third kappa shape index (κ3) is 1.93. The van der Waals surface area contributed by atoms with Gasteiger partial charge in [-0.2, -0.15) is 0 Å². The van der Waals surface area contributed by atoms with E-state index in [0.717, 1.165) is 27.8 Å². The zero-order valence-corrected chi connectivity index (χ0v) is 10.2. The maximum absolute atomic E-state index is 11.4. The SMILES string of the molecule is NC(=O)c1cccc2cc(-c3ccc(N)cc3)[nH]c12. The highest BCUT2D eigenvalue weighted by atomic mass is 16.1. The van der Waals surface area contributed by atoms with Crippen LogP contribution < -0.4 is 11.5 Å². The molecule has 0 radical (unpaired) electrons. The summed E-state index contributed by atoms with van der Waals surface area (Å²) in [5, 5.41) is 0.961. The number of nitrogens with one attached hydrogen (secondary N) is 1. The van der Waals surface area contributed by atoms with Crippen LogP contribution in [0.2, 0.25) is 0 Å². The molecule has 1 heterocycles. The Morgan fingerprint density at radius 2 is 1.79 bits per heavy atom. The molecule has 0 bridgehead atoms. The van der Waals surface area contributed by atoms with Crippen molar-refractivity contribution in [3.05, 3.63) is 54.1 Å². The van der Waals surface area contributed by atoms with Gasteiger partial charge >= 0.3 is 0 Å². The van der Waals surface area contributed by atoms with Crippen LogP contribution in [-0.4, -0.2) is 10.9 Å². The lowest BCUT2D eigenvalue weighted by atomic mass is 10.1. The van der Waals surface area contributed by atoms with Crippen LogP contribution in [0, 0.1) is 0 Å². The Bertz CT molecular complexity index is 757. The Balaban J connectivity index is 2.19. The van der Waals surface area contributed by atoms with Crippen molar-refractivity contribution in [1.82, 2.24) is 4.98 Å². The van der Waals surface area contributed by atoms with Gasteiger partial charge in [-0.05, 0) is 29.8 Å². The number of anilines is 1.